The molecule has 1 unspecified atom stereocenters. The van der Waals surface area contributed by atoms with Crippen LogP contribution in [-0.2, 0) is 14.8 Å². The largest absolute Gasteiger partial charge is 0.493 e. The summed E-state index contributed by atoms with van der Waals surface area (Å²) in [6.07, 6.45) is 3.36. The number of sulfonamides is 1. The van der Waals surface area contributed by atoms with E-state index in [1.807, 2.05) is 0 Å². The second-order valence-electron chi connectivity index (χ2n) is 4.74. The van der Waals surface area contributed by atoms with Gasteiger partial charge in [-0.25, -0.2) is 13.6 Å². The maximum absolute atomic E-state index is 11.2. The molecule has 1 aromatic rings. The van der Waals surface area contributed by atoms with Gasteiger partial charge in [-0.2, -0.15) is 0 Å². The van der Waals surface area contributed by atoms with E-state index in [4.69, 9.17) is 14.6 Å². The van der Waals surface area contributed by atoms with Crippen molar-refractivity contribution in [2.24, 2.45) is 5.14 Å². The number of nitrogens with two attached hydrogens (primary N) is 1. The third-order valence-electron chi connectivity index (χ3n) is 3.20. The van der Waals surface area contributed by atoms with Crippen LogP contribution in [0.1, 0.15) is 24.8 Å². The zero-order chi connectivity index (χ0) is 13.9. The highest BCUT2D eigenvalue weighted by Gasteiger charge is 2.15. The Labute approximate surface area is 113 Å². The highest BCUT2D eigenvalue weighted by atomic mass is 32.2. The first-order valence-electron chi connectivity index (χ1n) is 6.34. The van der Waals surface area contributed by atoms with Crippen molar-refractivity contribution in [2.45, 2.75) is 37.2 Å². The summed E-state index contributed by atoms with van der Waals surface area (Å²) in [5, 5.41) is 5.07. The van der Waals surface area contributed by atoms with Gasteiger partial charge in [0.05, 0.1) is 17.6 Å². The summed E-state index contributed by atoms with van der Waals surface area (Å²) in [6, 6.07) is 4.63. The van der Waals surface area contributed by atoms with E-state index in [-0.39, 0.29) is 4.90 Å². The molecular weight excluding hydrogens is 266 g/mol. The Balaban J connectivity index is 1.93. The lowest BCUT2D eigenvalue weighted by Crippen LogP contribution is -2.13. The molecule has 0 aromatic heterocycles. The zero-order valence-corrected chi connectivity index (χ0v) is 11.8. The predicted octanol–water partition coefficient (Wildman–Crippen LogP) is 1.59. The molecule has 6 heteroatoms. The van der Waals surface area contributed by atoms with Crippen LogP contribution >= 0.6 is 0 Å². The second kappa shape index (κ2) is 5.90. The van der Waals surface area contributed by atoms with E-state index in [9.17, 15) is 8.42 Å². The molecule has 1 saturated heterocycles. The van der Waals surface area contributed by atoms with Crippen molar-refractivity contribution < 1.29 is 17.9 Å². The monoisotopic (exact) mass is 285 g/mol. The molecular formula is C13H19NO4S. The Bertz CT molecular complexity index is 536. The van der Waals surface area contributed by atoms with Crippen molar-refractivity contribution in [1.82, 2.24) is 0 Å². The molecule has 0 saturated carbocycles. The van der Waals surface area contributed by atoms with Crippen LogP contribution in [0.5, 0.6) is 5.75 Å². The quantitative estimate of drug-likeness (QED) is 0.891. The average Bonchev–Trinajstić information content (AvgIpc) is 2.83. The molecule has 0 radical (unpaired) electrons. The van der Waals surface area contributed by atoms with Crippen molar-refractivity contribution in [3.8, 4) is 5.75 Å². The van der Waals surface area contributed by atoms with Crippen LogP contribution in [-0.4, -0.2) is 27.7 Å². The van der Waals surface area contributed by atoms with Crippen LogP contribution in [0.15, 0.2) is 23.1 Å². The summed E-state index contributed by atoms with van der Waals surface area (Å²) in [5.74, 6) is 0.686. The van der Waals surface area contributed by atoms with Crippen molar-refractivity contribution in [3.05, 3.63) is 23.8 Å². The van der Waals surface area contributed by atoms with E-state index in [1.54, 1.807) is 13.0 Å². The van der Waals surface area contributed by atoms with Crippen molar-refractivity contribution in [2.75, 3.05) is 13.2 Å². The number of hydrogen-bond donors (Lipinski definition) is 1. The van der Waals surface area contributed by atoms with E-state index in [0.29, 0.717) is 18.5 Å². The van der Waals surface area contributed by atoms with Gasteiger partial charge in [0.1, 0.15) is 5.75 Å². The fourth-order valence-corrected chi connectivity index (χ4v) is 2.73. The van der Waals surface area contributed by atoms with Gasteiger partial charge in [-0.05, 0) is 43.5 Å². The highest BCUT2D eigenvalue weighted by Crippen LogP contribution is 2.22. The number of rotatable bonds is 5. The lowest BCUT2D eigenvalue weighted by Gasteiger charge is -2.12. The molecule has 2 N–H and O–H groups in total. The van der Waals surface area contributed by atoms with Gasteiger partial charge in [-0.3, -0.25) is 0 Å². The molecule has 1 aliphatic heterocycles. The lowest BCUT2D eigenvalue weighted by atomic mass is 10.2. The molecule has 1 atom stereocenters. The smallest absolute Gasteiger partial charge is 0.238 e. The molecule has 0 bridgehead atoms. The topological polar surface area (TPSA) is 78.6 Å². The van der Waals surface area contributed by atoms with Crippen molar-refractivity contribution in [3.63, 3.8) is 0 Å². The molecule has 0 spiro atoms. The molecule has 1 aliphatic rings. The van der Waals surface area contributed by atoms with Crippen LogP contribution in [0.3, 0.4) is 0 Å². The Morgan fingerprint density at radius 3 is 2.84 bits per heavy atom. The summed E-state index contributed by atoms with van der Waals surface area (Å²) in [6.45, 7) is 3.21. The van der Waals surface area contributed by atoms with Crippen molar-refractivity contribution in [1.29, 1.82) is 0 Å². The number of benzene rings is 1. The molecule has 106 valence electrons. The lowest BCUT2D eigenvalue weighted by molar-refractivity contribution is 0.0902. The van der Waals surface area contributed by atoms with Crippen molar-refractivity contribution >= 4 is 10.0 Å². The fourth-order valence-electron chi connectivity index (χ4n) is 2.13. The third kappa shape index (κ3) is 3.92. The SMILES string of the molecule is Cc1cc(S(N)(=O)=O)ccc1OCCC1CCCO1. The molecule has 1 aromatic carbocycles. The van der Waals surface area contributed by atoms with Gasteiger partial charge in [0.25, 0.3) is 0 Å². The van der Waals surface area contributed by atoms with Crippen LogP contribution < -0.4 is 9.88 Å². The molecule has 0 amide bonds. The first-order valence-corrected chi connectivity index (χ1v) is 7.89. The second-order valence-corrected chi connectivity index (χ2v) is 6.31. The van der Waals surface area contributed by atoms with Gasteiger partial charge in [-0.1, -0.05) is 0 Å². The number of aryl methyl sites for hydroxylation is 1. The van der Waals surface area contributed by atoms with Gasteiger partial charge in [0, 0.05) is 13.0 Å². The predicted molar refractivity (Wildman–Crippen MR) is 71.6 cm³/mol. The summed E-state index contributed by atoms with van der Waals surface area (Å²) >= 11 is 0. The van der Waals surface area contributed by atoms with Gasteiger partial charge >= 0.3 is 0 Å². The van der Waals surface area contributed by atoms with Crippen LogP contribution in [0.2, 0.25) is 0 Å². The highest BCUT2D eigenvalue weighted by molar-refractivity contribution is 7.89. The number of ether oxygens (including phenoxy) is 2. The zero-order valence-electron chi connectivity index (χ0n) is 11.0. The van der Waals surface area contributed by atoms with Crippen LogP contribution in [0.4, 0.5) is 0 Å². The molecule has 19 heavy (non-hydrogen) atoms. The summed E-state index contributed by atoms with van der Waals surface area (Å²) in [5.41, 5.74) is 0.763. The van der Waals surface area contributed by atoms with E-state index in [2.05, 4.69) is 0 Å². The standard InChI is InChI=1S/C13H19NO4S/c1-10-9-12(19(14,15)16)4-5-13(10)18-8-6-11-3-2-7-17-11/h4-5,9,11H,2-3,6-8H2,1H3,(H2,14,15,16). The van der Waals surface area contributed by atoms with E-state index >= 15 is 0 Å². The van der Waals surface area contributed by atoms with Gasteiger partial charge < -0.3 is 9.47 Å². The van der Waals surface area contributed by atoms with Gasteiger partial charge in [-0.15, -0.1) is 0 Å². The minimum atomic E-state index is -3.65. The Morgan fingerprint density at radius 1 is 1.47 bits per heavy atom. The summed E-state index contributed by atoms with van der Waals surface area (Å²) in [7, 11) is -3.65. The van der Waals surface area contributed by atoms with Gasteiger partial charge in [0.2, 0.25) is 10.0 Å². The summed E-state index contributed by atoms with van der Waals surface area (Å²) in [4.78, 5) is 0.108. The number of primary sulfonamides is 1. The van der Waals surface area contributed by atoms with Gasteiger partial charge in [0.15, 0.2) is 0 Å². The Kier molecular flexibility index (Phi) is 4.44. The minimum absolute atomic E-state index is 0.108. The average molecular weight is 285 g/mol. The van der Waals surface area contributed by atoms with E-state index in [1.165, 1.54) is 12.1 Å². The van der Waals surface area contributed by atoms with Crippen LogP contribution in [0, 0.1) is 6.92 Å². The summed E-state index contributed by atoms with van der Waals surface area (Å²) < 4.78 is 33.6. The Hall–Kier alpha value is -1.11. The number of hydrogen-bond acceptors (Lipinski definition) is 4. The maximum Gasteiger partial charge on any atom is 0.238 e. The molecule has 0 aliphatic carbocycles. The van der Waals surface area contributed by atoms with Crippen LogP contribution in [0.25, 0.3) is 0 Å². The molecule has 5 nitrogen and oxygen atoms in total. The van der Waals surface area contributed by atoms with E-state index < -0.39 is 10.0 Å². The molecule has 1 heterocycles. The fraction of sp³-hybridized carbons (Fsp3) is 0.538. The molecule has 1 fully saturated rings. The van der Waals surface area contributed by atoms with E-state index in [0.717, 1.165) is 31.4 Å². The first-order chi connectivity index (χ1) is 8.97. The normalized spacial score (nSPS) is 19.6. The Morgan fingerprint density at radius 2 is 2.26 bits per heavy atom. The molecule has 2 rings (SSSR count). The maximum atomic E-state index is 11.2. The minimum Gasteiger partial charge on any atom is -0.493 e. The first kappa shape index (κ1) is 14.3. The third-order valence-corrected chi connectivity index (χ3v) is 4.11.